The van der Waals surface area contributed by atoms with Gasteiger partial charge in [0.25, 0.3) is 1.43 Å². The summed E-state index contributed by atoms with van der Waals surface area (Å²) in [5, 5.41) is 6.93. The summed E-state index contributed by atoms with van der Waals surface area (Å²) in [6.45, 7) is 1.64. The van der Waals surface area contributed by atoms with Crippen LogP contribution in [0.25, 0.3) is 1.43 Å². The number of rotatable bonds is 1. The highest BCUT2D eigenvalue weighted by Gasteiger charge is 2.18. The zero-order chi connectivity index (χ0) is 7.40. The van der Waals surface area contributed by atoms with Gasteiger partial charge in [-0.05, 0) is 19.4 Å². The lowest BCUT2D eigenvalue weighted by Crippen LogP contribution is -2.34. The number of carboxylic acid groups (broad SMARTS) is 1. The second kappa shape index (κ2) is 2.82. The Morgan fingerprint density at radius 1 is 1.89 bits per heavy atom. The van der Waals surface area contributed by atoms with Crippen LogP contribution in [0.2, 0.25) is 0 Å². The van der Waals surface area contributed by atoms with Crippen LogP contribution in [0.4, 0.5) is 0 Å². The number of hydrogen-bond acceptors (Lipinski definition) is 3. The van der Waals surface area contributed by atoms with Crippen molar-refractivity contribution in [2.75, 3.05) is 13.1 Å². The van der Waals surface area contributed by atoms with E-state index in [0.29, 0.717) is 6.54 Å². The van der Waals surface area contributed by atoms with Crippen molar-refractivity contribution in [2.24, 2.45) is 5.92 Å². The van der Waals surface area contributed by atoms with Gasteiger partial charge >= 0.3 is 5.97 Å². The number of carbonyl (C=O) groups is 1. The first kappa shape index (κ1) is 5.23. The fourth-order valence-electron chi connectivity index (χ4n) is 1.05. The molecule has 0 amide bonds. The molecule has 0 bridgehead atoms. The lowest BCUT2D eigenvalue weighted by molar-refractivity contribution is -0.142. The monoisotopic (exact) mass is 130 g/mol. The van der Waals surface area contributed by atoms with Crippen molar-refractivity contribution in [1.82, 2.24) is 5.32 Å². The molecule has 2 N–H and O–H groups in total. The SMILES string of the molecule is [2H]OC(=O)C1CCCNC1. The molecule has 0 aromatic carbocycles. The highest BCUT2D eigenvalue weighted by Crippen LogP contribution is 2.08. The largest absolute Gasteiger partial charge is 0.481 e. The molecule has 1 aliphatic heterocycles. The predicted octanol–water partition coefficient (Wildman–Crippen LogP) is 0.0706. The Hall–Kier alpha value is -0.570. The van der Waals surface area contributed by atoms with Crippen LogP contribution in [0.3, 0.4) is 0 Å². The van der Waals surface area contributed by atoms with Gasteiger partial charge in [0.1, 0.15) is 0 Å². The van der Waals surface area contributed by atoms with Crippen molar-refractivity contribution in [3.05, 3.63) is 0 Å². The molecule has 1 fully saturated rings. The van der Waals surface area contributed by atoms with Crippen molar-refractivity contribution in [1.29, 1.82) is 1.43 Å². The fourth-order valence-corrected chi connectivity index (χ4v) is 1.05. The summed E-state index contributed by atoms with van der Waals surface area (Å²) in [5.74, 6) is -0.501. The van der Waals surface area contributed by atoms with Gasteiger partial charge in [-0.2, -0.15) is 0 Å². The summed E-state index contributed by atoms with van der Waals surface area (Å²) < 4.78 is 6.37. The van der Waals surface area contributed by atoms with E-state index in [1.807, 2.05) is 0 Å². The third-order valence-electron chi connectivity index (χ3n) is 1.63. The van der Waals surface area contributed by atoms with Crippen molar-refractivity contribution < 1.29 is 9.90 Å². The number of aliphatic carboxylic acids is 1. The van der Waals surface area contributed by atoms with Gasteiger partial charge in [-0.15, -0.1) is 0 Å². The average Bonchev–Trinajstić information content (AvgIpc) is 2.05. The summed E-state index contributed by atoms with van der Waals surface area (Å²) >= 11 is 0. The normalized spacial score (nSPS) is 28.9. The van der Waals surface area contributed by atoms with E-state index >= 15 is 0 Å². The summed E-state index contributed by atoms with van der Waals surface area (Å²) in [5.41, 5.74) is 0. The van der Waals surface area contributed by atoms with Gasteiger partial charge in [0.2, 0.25) is 0 Å². The maximum atomic E-state index is 10.7. The Bertz CT molecular complexity index is 123. The fraction of sp³-hybridized carbons (Fsp3) is 0.833. The zero-order valence-electron chi connectivity index (χ0n) is 6.22. The standard InChI is InChI=1S/C6H11NO2/c8-6(9)5-2-1-3-7-4-5/h5,7H,1-4H2,(H,8,9)/i/hD. The Labute approximate surface area is 55.6 Å². The Morgan fingerprint density at radius 3 is 3.33 bits per heavy atom. The molecule has 0 spiro atoms. The molecule has 1 aliphatic rings. The molecule has 9 heavy (non-hydrogen) atoms. The first-order chi connectivity index (χ1) is 4.84. The van der Waals surface area contributed by atoms with Crippen LogP contribution < -0.4 is 5.32 Å². The molecule has 0 saturated carbocycles. The Balaban J connectivity index is 2.31. The van der Waals surface area contributed by atoms with Crippen molar-refractivity contribution in [3.8, 4) is 0 Å². The minimum Gasteiger partial charge on any atom is -0.481 e. The second-order valence-electron chi connectivity index (χ2n) is 2.36. The van der Waals surface area contributed by atoms with E-state index in [9.17, 15) is 4.79 Å². The molecule has 1 unspecified atom stereocenters. The van der Waals surface area contributed by atoms with Gasteiger partial charge in [0, 0.05) is 6.54 Å². The van der Waals surface area contributed by atoms with Crippen LogP contribution in [-0.2, 0) is 4.79 Å². The molecule has 1 rings (SSSR count). The molecule has 1 heterocycles. The molecule has 52 valence electrons. The molecule has 3 heteroatoms. The molecule has 0 aromatic rings. The summed E-state index contributed by atoms with van der Waals surface area (Å²) in [6, 6.07) is 0. The molecule has 1 atom stereocenters. The van der Waals surface area contributed by atoms with Gasteiger partial charge in [0.05, 0.1) is 5.92 Å². The van der Waals surface area contributed by atoms with E-state index in [-0.39, 0.29) is 5.92 Å². The maximum absolute atomic E-state index is 10.7. The van der Waals surface area contributed by atoms with Gasteiger partial charge in [0.15, 0.2) is 0 Å². The van der Waals surface area contributed by atoms with Gasteiger partial charge < -0.3 is 10.4 Å². The van der Waals surface area contributed by atoms with Gasteiger partial charge in [-0.3, -0.25) is 4.79 Å². The minimum absolute atomic E-state index is 0.0914. The minimum atomic E-state index is -0.410. The molecule has 0 radical (unpaired) electrons. The first-order valence-corrected chi connectivity index (χ1v) is 3.22. The number of hydrogen-bond donors (Lipinski definition) is 2. The number of nitrogens with one attached hydrogen (secondary N) is 1. The van der Waals surface area contributed by atoms with Crippen LogP contribution >= 0.6 is 0 Å². The van der Waals surface area contributed by atoms with E-state index in [1.54, 1.807) is 0 Å². The highest BCUT2D eigenvalue weighted by molar-refractivity contribution is 5.70. The summed E-state index contributed by atoms with van der Waals surface area (Å²) in [6.07, 6.45) is 1.85. The van der Waals surface area contributed by atoms with Crippen LogP contribution in [0, 0.1) is 5.92 Å². The molecule has 0 aromatic heterocycles. The molecule has 3 nitrogen and oxygen atoms in total. The molecule has 1 saturated heterocycles. The van der Waals surface area contributed by atoms with Crippen LogP contribution in [0.1, 0.15) is 12.8 Å². The lowest BCUT2D eigenvalue weighted by atomic mass is 10.0. The smallest absolute Gasteiger partial charge is 0.307 e. The van der Waals surface area contributed by atoms with Crippen LogP contribution in [0.5, 0.6) is 0 Å². The van der Waals surface area contributed by atoms with E-state index in [2.05, 4.69) is 10.4 Å². The third kappa shape index (κ3) is 1.68. The molecular formula is C6H11NO2. The Morgan fingerprint density at radius 2 is 2.78 bits per heavy atom. The lowest BCUT2D eigenvalue weighted by Gasteiger charge is -2.18. The van der Waals surface area contributed by atoms with Crippen molar-refractivity contribution in [2.45, 2.75) is 12.8 Å². The second-order valence-corrected chi connectivity index (χ2v) is 2.36. The van der Waals surface area contributed by atoms with Crippen LogP contribution in [-0.4, -0.2) is 24.2 Å². The van der Waals surface area contributed by atoms with Gasteiger partial charge in [-0.25, -0.2) is 0 Å². The quantitative estimate of drug-likeness (QED) is 0.528. The van der Waals surface area contributed by atoms with E-state index < -0.39 is 5.97 Å². The average molecular weight is 130 g/mol. The molecular weight excluding hydrogens is 118 g/mol. The zero-order valence-corrected chi connectivity index (χ0v) is 5.22. The van der Waals surface area contributed by atoms with E-state index in [4.69, 9.17) is 1.43 Å². The third-order valence-corrected chi connectivity index (χ3v) is 1.63. The Kier molecular flexibility index (Phi) is 1.64. The van der Waals surface area contributed by atoms with Crippen molar-refractivity contribution in [3.63, 3.8) is 0 Å². The molecule has 0 aliphatic carbocycles. The maximum Gasteiger partial charge on any atom is 0.307 e. The van der Waals surface area contributed by atoms with E-state index in [1.165, 1.54) is 0 Å². The van der Waals surface area contributed by atoms with Crippen molar-refractivity contribution >= 4 is 5.97 Å². The number of carboxylic acids is 1. The highest BCUT2D eigenvalue weighted by atomic mass is 16.4. The number of piperidine rings is 1. The topological polar surface area (TPSA) is 49.3 Å². The summed E-state index contributed by atoms with van der Waals surface area (Å²) in [7, 11) is 0. The van der Waals surface area contributed by atoms with Crippen LogP contribution in [0.15, 0.2) is 0 Å². The first-order valence-electron chi connectivity index (χ1n) is 3.63. The van der Waals surface area contributed by atoms with Gasteiger partial charge in [-0.1, -0.05) is 0 Å². The van der Waals surface area contributed by atoms with E-state index in [0.717, 1.165) is 19.4 Å². The summed E-state index contributed by atoms with van der Waals surface area (Å²) in [4.78, 5) is 10.7. The predicted molar refractivity (Wildman–Crippen MR) is 33.2 cm³/mol.